The minimum Gasteiger partial charge on any atom is -0.461 e. The first-order chi connectivity index (χ1) is 7.10. The van der Waals surface area contributed by atoms with Crippen molar-refractivity contribution < 1.29 is 9.53 Å². The highest BCUT2D eigenvalue weighted by Gasteiger charge is 1.96. The minimum atomic E-state index is -0.135. The van der Waals surface area contributed by atoms with Gasteiger partial charge >= 0.3 is 5.97 Å². The van der Waals surface area contributed by atoms with Crippen LogP contribution in [0.15, 0.2) is 23.3 Å². The molecule has 0 aliphatic rings. The predicted molar refractivity (Wildman–Crippen MR) is 63.7 cm³/mol. The van der Waals surface area contributed by atoms with Crippen molar-refractivity contribution in [2.75, 3.05) is 6.61 Å². The molecule has 2 nitrogen and oxygen atoms in total. The van der Waals surface area contributed by atoms with E-state index in [1.54, 1.807) is 6.92 Å². The van der Waals surface area contributed by atoms with Crippen LogP contribution in [0.25, 0.3) is 0 Å². The Morgan fingerprint density at radius 1 is 1.20 bits per heavy atom. The molecule has 0 radical (unpaired) electrons. The number of carbonyl (C=O) groups excluding carboxylic acids is 1. The summed E-state index contributed by atoms with van der Waals surface area (Å²) in [6, 6.07) is 0. The summed E-state index contributed by atoms with van der Waals surface area (Å²) >= 11 is 0. The van der Waals surface area contributed by atoms with Gasteiger partial charge in [0.1, 0.15) is 6.61 Å². The summed E-state index contributed by atoms with van der Waals surface area (Å²) < 4.78 is 4.97. The van der Waals surface area contributed by atoms with E-state index < -0.39 is 0 Å². The van der Waals surface area contributed by atoms with Gasteiger partial charge in [-0.1, -0.05) is 24.1 Å². The number of allylic oxidation sites excluding steroid dienone is 3. The van der Waals surface area contributed by atoms with Gasteiger partial charge in [0.25, 0.3) is 0 Å². The van der Waals surface area contributed by atoms with Gasteiger partial charge in [-0.15, -0.1) is 0 Å². The summed E-state index contributed by atoms with van der Waals surface area (Å²) in [5.74, 6) is -0.135. The van der Waals surface area contributed by atoms with Gasteiger partial charge in [-0.25, -0.2) is 0 Å². The van der Waals surface area contributed by atoms with Crippen LogP contribution in [0.4, 0.5) is 0 Å². The molecule has 0 aliphatic carbocycles. The van der Waals surface area contributed by atoms with Crippen LogP contribution in [-0.4, -0.2) is 12.6 Å². The molecule has 0 fully saturated rings. The number of carbonyl (C=O) groups is 1. The van der Waals surface area contributed by atoms with Crippen LogP contribution in [0, 0.1) is 0 Å². The van der Waals surface area contributed by atoms with E-state index in [-0.39, 0.29) is 5.97 Å². The first kappa shape index (κ1) is 13.9. The maximum Gasteiger partial charge on any atom is 0.305 e. The fourth-order valence-corrected chi connectivity index (χ4v) is 1.02. The average Bonchev–Trinajstić information content (AvgIpc) is 2.25. The van der Waals surface area contributed by atoms with Crippen molar-refractivity contribution in [3.63, 3.8) is 0 Å². The first-order valence-electron chi connectivity index (χ1n) is 5.53. The van der Waals surface area contributed by atoms with Crippen molar-refractivity contribution in [3.8, 4) is 0 Å². The zero-order chi connectivity index (χ0) is 11.7. The molecule has 0 heterocycles. The highest BCUT2D eigenvalue weighted by Crippen LogP contribution is 2.10. The lowest BCUT2D eigenvalue weighted by molar-refractivity contribution is -0.141. The summed E-state index contributed by atoms with van der Waals surface area (Å²) in [6.07, 6.45) is 6.69. The summed E-state index contributed by atoms with van der Waals surface area (Å²) in [4.78, 5) is 10.8. The van der Waals surface area contributed by atoms with Gasteiger partial charge in [0.05, 0.1) is 0 Å². The van der Waals surface area contributed by atoms with E-state index in [0.717, 1.165) is 12.8 Å². The summed E-state index contributed by atoms with van der Waals surface area (Å²) in [6.45, 7) is 8.46. The van der Waals surface area contributed by atoms with Crippen LogP contribution < -0.4 is 0 Å². The van der Waals surface area contributed by atoms with E-state index >= 15 is 0 Å². The third kappa shape index (κ3) is 7.98. The molecule has 0 aromatic carbocycles. The second-order valence-corrected chi connectivity index (χ2v) is 3.72. The highest BCUT2D eigenvalue weighted by atomic mass is 16.5. The Labute approximate surface area is 93.0 Å². The molecule has 0 aromatic rings. The molecule has 0 amide bonds. The van der Waals surface area contributed by atoms with Crippen LogP contribution in [0.2, 0.25) is 0 Å². The summed E-state index contributed by atoms with van der Waals surface area (Å²) in [7, 11) is 0. The lowest BCUT2D eigenvalue weighted by atomic mass is 10.1. The Morgan fingerprint density at radius 3 is 2.33 bits per heavy atom. The van der Waals surface area contributed by atoms with E-state index in [4.69, 9.17) is 4.74 Å². The van der Waals surface area contributed by atoms with Crippen molar-refractivity contribution in [1.29, 1.82) is 0 Å². The lowest BCUT2D eigenvalue weighted by Crippen LogP contribution is -2.02. The first-order valence-corrected chi connectivity index (χ1v) is 5.53. The third-order valence-electron chi connectivity index (χ3n) is 2.37. The molecule has 15 heavy (non-hydrogen) atoms. The molecule has 86 valence electrons. The molecule has 0 aliphatic heterocycles. The van der Waals surface area contributed by atoms with E-state index in [9.17, 15) is 4.79 Å². The Bertz CT molecular complexity index is 249. The van der Waals surface area contributed by atoms with E-state index in [1.807, 2.05) is 6.08 Å². The van der Waals surface area contributed by atoms with Gasteiger partial charge in [-0.2, -0.15) is 0 Å². The normalized spacial score (nSPS) is 12.8. The molecule has 0 saturated carbocycles. The van der Waals surface area contributed by atoms with E-state index in [1.165, 1.54) is 11.1 Å². The fourth-order valence-electron chi connectivity index (χ4n) is 1.02. The lowest BCUT2D eigenvalue weighted by Gasteiger charge is -2.03. The summed E-state index contributed by atoms with van der Waals surface area (Å²) in [5, 5.41) is 0. The molecule has 0 unspecified atom stereocenters. The standard InChI is InChI=1S/C13H22O2/c1-5-11(3)7-8-12(4)9-10-15-13(14)6-2/h5,9H,6-8,10H2,1-4H3/b11-5+,12-9+. The highest BCUT2D eigenvalue weighted by molar-refractivity contribution is 5.68. The largest absolute Gasteiger partial charge is 0.461 e. The number of esters is 1. The van der Waals surface area contributed by atoms with E-state index in [0.29, 0.717) is 13.0 Å². The molecule has 0 rings (SSSR count). The molecule has 0 spiro atoms. The Kier molecular flexibility index (Phi) is 7.69. The smallest absolute Gasteiger partial charge is 0.305 e. The van der Waals surface area contributed by atoms with E-state index in [2.05, 4.69) is 26.8 Å². The Morgan fingerprint density at radius 2 is 1.80 bits per heavy atom. The molecule has 2 heteroatoms. The predicted octanol–water partition coefficient (Wildman–Crippen LogP) is 3.63. The van der Waals surface area contributed by atoms with Crippen LogP contribution in [0.5, 0.6) is 0 Å². The number of hydrogen-bond donors (Lipinski definition) is 0. The van der Waals surface area contributed by atoms with Crippen LogP contribution >= 0.6 is 0 Å². The molecule has 0 bridgehead atoms. The van der Waals surface area contributed by atoms with Crippen molar-refractivity contribution in [2.45, 2.75) is 47.0 Å². The second-order valence-electron chi connectivity index (χ2n) is 3.72. The quantitative estimate of drug-likeness (QED) is 0.494. The fraction of sp³-hybridized carbons (Fsp3) is 0.615. The topological polar surface area (TPSA) is 26.3 Å². The number of rotatable bonds is 6. The van der Waals surface area contributed by atoms with Crippen molar-refractivity contribution >= 4 is 5.97 Å². The number of ether oxygens (including phenoxy) is 1. The molecule has 0 saturated heterocycles. The zero-order valence-corrected chi connectivity index (χ0v) is 10.3. The average molecular weight is 210 g/mol. The molecular weight excluding hydrogens is 188 g/mol. The maximum absolute atomic E-state index is 10.8. The number of hydrogen-bond acceptors (Lipinski definition) is 2. The van der Waals surface area contributed by atoms with Gasteiger partial charge < -0.3 is 4.74 Å². The van der Waals surface area contributed by atoms with Crippen LogP contribution in [0.1, 0.15) is 47.0 Å². The second kappa shape index (κ2) is 8.27. The Balaban J connectivity index is 3.75. The van der Waals surface area contributed by atoms with Gasteiger partial charge in [0.15, 0.2) is 0 Å². The molecule has 0 atom stereocenters. The Hall–Kier alpha value is -1.05. The zero-order valence-electron chi connectivity index (χ0n) is 10.3. The summed E-state index contributed by atoms with van der Waals surface area (Å²) in [5.41, 5.74) is 2.67. The van der Waals surface area contributed by atoms with Crippen molar-refractivity contribution in [3.05, 3.63) is 23.3 Å². The monoisotopic (exact) mass is 210 g/mol. The van der Waals surface area contributed by atoms with Gasteiger partial charge in [0, 0.05) is 6.42 Å². The maximum atomic E-state index is 10.8. The molecule has 0 N–H and O–H groups in total. The van der Waals surface area contributed by atoms with Gasteiger partial charge in [-0.05, 0) is 39.7 Å². The van der Waals surface area contributed by atoms with Crippen LogP contribution in [0.3, 0.4) is 0 Å². The van der Waals surface area contributed by atoms with Crippen molar-refractivity contribution in [1.82, 2.24) is 0 Å². The van der Waals surface area contributed by atoms with Crippen LogP contribution in [-0.2, 0) is 9.53 Å². The molecule has 0 aromatic heterocycles. The minimum absolute atomic E-state index is 0.135. The van der Waals surface area contributed by atoms with Gasteiger partial charge in [-0.3, -0.25) is 4.79 Å². The van der Waals surface area contributed by atoms with Crippen molar-refractivity contribution in [2.24, 2.45) is 0 Å². The third-order valence-corrected chi connectivity index (χ3v) is 2.37. The SMILES string of the molecule is C/C=C(\C)CC/C(C)=C/COC(=O)CC. The van der Waals surface area contributed by atoms with Gasteiger partial charge in [0.2, 0.25) is 0 Å². The molecular formula is C13H22O2.